The van der Waals surface area contributed by atoms with Crippen molar-refractivity contribution in [2.45, 2.75) is 96.8 Å². The van der Waals surface area contributed by atoms with Crippen molar-refractivity contribution < 1.29 is 28.2 Å². The molecule has 0 amide bonds. The molecule has 0 aliphatic heterocycles. The monoisotopic (exact) mass is 605 g/mol. The van der Waals surface area contributed by atoms with Gasteiger partial charge in [-0.2, -0.15) is 0 Å². The van der Waals surface area contributed by atoms with Gasteiger partial charge in [0.25, 0.3) is 0 Å². The van der Waals surface area contributed by atoms with Crippen LogP contribution >= 0.6 is 0 Å². The Hall–Kier alpha value is 1.14. The maximum atomic E-state index is 2.29. The average molecular weight is 603 g/mol. The van der Waals surface area contributed by atoms with E-state index in [1.807, 2.05) is 0 Å². The van der Waals surface area contributed by atoms with Crippen molar-refractivity contribution in [3.63, 3.8) is 0 Å². The molecule has 0 aromatic heterocycles. The van der Waals surface area contributed by atoms with Crippen LogP contribution in [0.2, 0.25) is 17.7 Å². The first-order chi connectivity index (χ1) is 8.83. The Morgan fingerprint density at radius 3 is 0.680 bits per heavy atom. The van der Waals surface area contributed by atoms with E-state index in [0.717, 1.165) is 0 Å². The number of hydrogen-bond donors (Lipinski definition) is 1. The third-order valence-corrected chi connectivity index (χ3v) is 10.9. The molecule has 0 aliphatic rings. The molecule has 0 rings (SSSR count). The van der Waals surface area contributed by atoms with Gasteiger partial charge in [0.05, 0.1) is 0 Å². The molecule has 0 aromatic carbocycles. The molecule has 0 bridgehead atoms. The Morgan fingerprint density at radius 2 is 0.560 bits per heavy atom. The van der Waals surface area contributed by atoms with Crippen molar-refractivity contribution in [3.05, 3.63) is 0 Å². The minimum absolute atomic E-state index is 0. The largest absolute Gasteiger partial charge is 0.344 e. The fraction of sp³-hybridized carbons (Fsp3) is 1.00. The minimum Gasteiger partial charge on any atom is -0.344 e. The second kappa shape index (κ2) is 63.9. The summed E-state index contributed by atoms with van der Waals surface area (Å²) in [4.78, 5) is 0. The van der Waals surface area contributed by atoms with E-state index in [-0.39, 0.29) is 76.7 Å². The smallest absolute Gasteiger partial charge is 0.269 e. The van der Waals surface area contributed by atoms with Crippen LogP contribution in [0.4, 0.5) is 28.2 Å². The van der Waals surface area contributed by atoms with Gasteiger partial charge in [0.1, 0.15) is 0 Å². The van der Waals surface area contributed by atoms with Gasteiger partial charge in [-0.1, -0.05) is 0 Å². The zero-order valence-corrected chi connectivity index (χ0v) is 22.4. The number of rotatable bonds is 12. The SMILES string of the molecule is CCC[CH2][Sn][CH2]CCC.CCC[CH2][Sn][CH2]CCC.F.F.F.F.F.F.N. The number of unbranched alkanes of at least 4 members (excludes halogenated alkanes) is 4. The summed E-state index contributed by atoms with van der Waals surface area (Å²) in [7, 11) is 0. The minimum atomic E-state index is 0. The van der Waals surface area contributed by atoms with E-state index < -0.39 is 0 Å². The third kappa shape index (κ3) is 78.0. The molecule has 3 N–H and O–H groups in total. The normalized spacial score (nSPS) is 7.20. The van der Waals surface area contributed by atoms with E-state index in [1.165, 1.54) is 51.4 Å². The van der Waals surface area contributed by atoms with Gasteiger partial charge in [-0.15, -0.1) is 0 Å². The molecule has 0 spiro atoms. The van der Waals surface area contributed by atoms with Gasteiger partial charge in [-0.05, 0) is 0 Å². The first-order valence-corrected chi connectivity index (χ1v) is 16.3. The molecular formula is C16H45F6NSn2. The summed E-state index contributed by atoms with van der Waals surface area (Å²) in [5.41, 5.74) is 0. The quantitative estimate of drug-likeness (QED) is 0.142. The van der Waals surface area contributed by atoms with Gasteiger partial charge in [0.2, 0.25) is 0 Å². The Labute approximate surface area is 172 Å². The van der Waals surface area contributed by atoms with Crippen LogP contribution in [0.1, 0.15) is 79.1 Å². The molecule has 0 fully saturated rings. The van der Waals surface area contributed by atoms with Gasteiger partial charge < -0.3 is 6.15 Å². The Morgan fingerprint density at radius 1 is 0.400 bits per heavy atom. The van der Waals surface area contributed by atoms with Crippen LogP contribution < -0.4 is 6.15 Å². The molecule has 4 radical (unpaired) electrons. The molecule has 25 heavy (non-hydrogen) atoms. The summed E-state index contributed by atoms with van der Waals surface area (Å²) in [6.45, 7) is 9.16. The molecule has 0 heterocycles. The van der Waals surface area contributed by atoms with E-state index in [4.69, 9.17) is 0 Å². The number of halogens is 6. The van der Waals surface area contributed by atoms with E-state index in [1.54, 1.807) is 17.7 Å². The zero-order chi connectivity index (χ0) is 13.9. The van der Waals surface area contributed by atoms with Crippen molar-refractivity contribution in [1.82, 2.24) is 6.15 Å². The van der Waals surface area contributed by atoms with Crippen LogP contribution in [0.5, 0.6) is 0 Å². The zero-order valence-electron chi connectivity index (χ0n) is 16.6. The molecule has 0 aliphatic carbocycles. The first kappa shape index (κ1) is 56.2. The van der Waals surface area contributed by atoms with Crippen molar-refractivity contribution >= 4 is 42.3 Å². The Balaban J connectivity index is -0.0000000229. The van der Waals surface area contributed by atoms with Gasteiger partial charge in [0, 0.05) is 0 Å². The molecule has 9 heteroatoms. The first-order valence-electron chi connectivity index (χ1n) is 8.24. The Bertz CT molecular complexity index is 115. The van der Waals surface area contributed by atoms with E-state index in [2.05, 4.69) is 27.7 Å². The van der Waals surface area contributed by atoms with Crippen LogP contribution in [0.25, 0.3) is 0 Å². The summed E-state index contributed by atoms with van der Waals surface area (Å²) in [6.07, 6.45) is 11.7. The van der Waals surface area contributed by atoms with Crippen molar-refractivity contribution in [3.8, 4) is 0 Å². The van der Waals surface area contributed by atoms with E-state index >= 15 is 0 Å². The summed E-state index contributed by atoms with van der Waals surface area (Å²) in [5, 5.41) is 0. The third-order valence-electron chi connectivity index (χ3n) is 2.83. The molecule has 0 aromatic rings. The molecule has 1 nitrogen and oxygen atoms in total. The summed E-state index contributed by atoms with van der Waals surface area (Å²) in [5.74, 6) is 0. The summed E-state index contributed by atoms with van der Waals surface area (Å²) >= 11 is 0.299. The molecular weight excluding hydrogens is 558 g/mol. The van der Waals surface area contributed by atoms with Crippen LogP contribution in [-0.2, 0) is 0 Å². The fourth-order valence-electron chi connectivity index (χ4n) is 1.46. The number of hydrogen-bond acceptors (Lipinski definition) is 1. The predicted molar refractivity (Wildman–Crippen MR) is 110 cm³/mol. The predicted octanol–water partition coefficient (Wildman–Crippen LogP) is 7.33. The van der Waals surface area contributed by atoms with E-state index in [9.17, 15) is 0 Å². The van der Waals surface area contributed by atoms with Crippen molar-refractivity contribution in [1.29, 1.82) is 0 Å². The molecule has 0 unspecified atom stereocenters. The topological polar surface area (TPSA) is 35.0 Å². The average Bonchev–Trinajstić information content (AvgIpc) is 2.39. The van der Waals surface area contributed by atoms with Crippen molar-refractivity contribution in [2.75, 3.05) is 0 Å². The molecule has 164 valence electrons. The van der Waals surface area contributed by atoms with Gasteiger partial charge >= 0.3 is 139 Å². The van der Waals surface area contributed by atoms with Crippen LogP contribution in [-0.4, -0.2) is 42.3 Å². The van der Waals surface area contributed by atoms with Crippen LogP contribution in [0, 0.1) is 0 Å². The van der Waals surface area contributed by atoms with Gasteiger partial charge in [-0.3, -0.25) is 28.2 Å². The maximum Gasteiger partial charge on any atom is -0.269 e. The van der Waals surface area contributed by atoms with Crippen LogP contribution in [0.15, 0.2) is 0 Å². The molecule has 0 atom stereocenters. The Kier molecular flexibility index (Phi) is 144. The van der Waals surface area contributed by atoms with Gasteiger partial charge in [-0.25, -0.2) is 0 Å². The molecule has 0 saturated heterocycles. The maximum absolute atomic E-state index is 2.29. The standard InChI is InChI=1S/4C4H9.6FH.H3N.2Sn/c4*1-3-4-2;;;;;;;;;/h4*1,3-4H2,2H3;6*1H;1H3;;. The summed E-state index contributed by atoms with van der Waals surface area (Å²) < 4.78 is 6.50. The molecule has 0 saturated carbocycles. The summed E-state index contributed by atoms with van der Waals surface area (Å²) in [6, 6.07) is 0. The van der Waals surface area contributed by atoms with Crippen LogP contribution in [0.3, 0.4) is 0 Å². The van der Waals surface area contributed by atoms with Gasteiger partial charge in [0.15, 0.2) is 0 Å². The van der Waals surface area contributed by atoms with E-state index in [0.29, 0.717) is 0 Å². The second-order valence-corrected chi connectivity index (χ2v) is 13.5. The second-order valence-electron chi connectivity index (χ2n) is 4.91. The van der Waals surface area contributed by atoms with Crippen molar-refractivity contribution in [2.24, 2.45) is 0 Å². The fourth-order valence-corrected chi connectivity index (χ4v) is 9.77.